The standard InChI is InChI=1S/BO.O.Zn/c1-2;;/q+1;;-1. The van der Waals surface area contributed by atoms with Gasteiger partial charge in [-0.1, -0.05) is 0 Å². The minimum atomic E-state index is -1.82. The molecule has 0 radical (unpaired) electrons. The van der Waals surface area contributed by atoms with E-state index < -0.39 is 16.9 Å². The SMILES string of the molecule is O=[B][Zn]=[O]. The second kappa shape index (κ2) is 3.29. The van der Waals surface area contributed by atoms with Gasteiger partial charge < -0.3 is 0 Å². The Kier molecular flexibility index (Phi) is 3.53. The van der Waals surface area contributed by atoms with Gasteiger partial charge in [0.05, 0.1) is 0 Å². The maximum atomic E-state index is 9.12. The van der Waals surface area contributed by atoms with Gasteiger partial charge in [0.25, 0.3) is 0 Å². The summed E-state index contributed by atoms with van der Waals surface area (Å²) in [5.41, 5.74) is 0.507. The molecule has 0 aliphatic carbocycles. The van der Waals surface area contributed by atoms with Crippen LogP contribution in [0.15, 0.2) is 0 Å². The van der Waals surface area contributed by atoms with Crippen molar-refractivity contribution in [2.24, 2.45) is 0 Å². The molecule has 0 N–H and O–H groups in total. The molecule has 0 aliphatic heterocycles. The Morgan fingerprint density at radius 2 is 2.00 bits per heavy atom. The molecule has 0 fully saturated rings. The topological polar surface area (TPSA) is 34.1 Å². The molecule has 0 aromatic heterocycles. The maximum absolute atomic E-state index is 9.12. The zero-order valence-corrected chi connectivity index (χ0v) is 5.07. The van der Waals surface area contributed by atoms with Gasteiger partial charge in [0.15, 0.2) is 0 Å². The molecule has 0 rings (SSSR count). The van der Waals surface area contributed by atoms with E-state index in [2.05, 4.69) is 0 Å². The normalized spacial score (nSPS) is 3.00. The number of hydrogen-bond donors (Lipinski definition) is 0. The molecule has 0 aliphatic rings. The predicted octanol–water partition coefficient (Wildman–Crippen LogP) is -0.621. The van der Waals surface area contributed by atoms with Gasteiger partial charge in [0.1, 0.15) is 0 Å². The molecular weight excluding hydrogens is 108 g/mol. The van der Waals surface area contributed by atoms with Crippen molar-refractivity contribution in [3.63, 3.8) is 0 Å². The fourth-order valence-electron chi connectivity index (χ4n) is 0. The van der Waals surface area contributed by atoms with Crippen LogP contribution in [0.4, 0.5) is 0 Å². The molecule has 0 amide bonds. The van der Waals surface area contributed by atoms with Crippen molar-refractivity contribution < 1.29 is 25.2 Å². The van der Waals surface area contributed by atoms with E-state index in [0.717, 1.165) is 0 Å². The van der Waals surface area contributed by atoms with Gasteiger partial charge in [-0.15, -0.1) is 0 Å². The predicted molar refractivity (Wildman–Crippen MR) is 7.13 cm³/mol. The number of rotatable bonds is 1. The van der Waals surface area contributed by atoms with Crippen LogP contribution < -0.4 is 0 Å². The molecule has 0 saturated heterocycles. The van der Waals surface area contributed by atoms with E-state index in [1.165, 1.54) is 0 Å². The van der Waals surface area contributed by atoms with Crippen molar-refractivity contribution in [3.8, 4) is 0 Å². The molecular formula is BO2Zn. The Hall–Kier alpha value is 0.288. The molecule has 0 atom stereocenters. The van der Waals surface area contributed by atoms with E-state index >= 15 is 0 Å². The summed E-state index contributed by atoms with van der Waals surface area (Å²) < 4.78 is 18.1. The Balaban J connectivity index is 2.73. The monoisotopic (exact) mass is 107 g/mol. The molecule has 0 unspecified atom stereocenters. The summed E-state index contributed by atoms with van der Waals surface area (Å²) in [6, 6.07) is 0. The van der Waals surface area contributed by atoms with Crippen LogP contribution in [0.1, 0.15) is 0 Å². The molecule has 17 valence electrons. The molecule has 4 heteroatoms. The summed E-state index contributed by atoms with van der Waals surface area (Å²) in [4.78, 5) is 0. The summed E-state index contributed by atoms with van der Waals surface area (Å²) in [6.07, 6.45) is 0. The quantitative estimate of drug-likeness (QED) is 0.419. The van der Waals surface area contributed by atoms with Crippen LogP contribution in [0.5, 0.6) is 0 Å². The minimum absolute atomic E-state index is 0.507. The van der Waals surface area contributed by atoms with Crippen LogP contribution in [0.2, 0.25) is 0 Å². The van der Waals surface area contributed by atoms with E-state index in [1.54, 1.807) is 0 Å². The van der Waals surface area contributed by atoms with E-state index in [4.69, 9.17) is 8.28 Å². The molecule has 4 heavy (non-hydrogen) atoms. The molecule has 2 nitrogen and oxygen atoms in total. The molecule has 0 aromatic rings. The third-order valence-electron chi connectivity index (χ3n) is 0.0680. The van der Waals surface area contributed by atoms with Crippen LogP contribution in [-0.2, 0) is 25.2 Å². The van der Waals surface area contributed by atoms with Crippen LogP contribution in [0, 0.1) is 0 Å². The van der Waals surface area contributed by atoms with Gasteiger partial charge in [-0.05, 0) is 0 Å². The fourth-order valence-corrected chi connectivity index (χ4v) is 0. The van der Waals surface area contributed by atoms with Gasteiger partial charge in [0.2, 0.25) is 0 Å². The van der Waals surface area contributed by atoms with Crippen LogP contribution >= 0.6 is 0 Å². The van der Waals surface area contributed by atoms with E-state index in [0.29, 0.717) is 5.64 Å². The summed E-state index contributed by atoms with van der Waals surface area (Å²) in [7, 11) is 0. The van der Waals surface area contributed by atoms with Gasteiger partial charge >= 0.3 is 30.8 Å². The summed E-state index contributed by atoms with van der Waals surface area (Å²) in [5.74, 6) is 0. The Bertz CT molecular complexity index is 27.0. The average molecular weight is 108 g/mol. The molecule has 0 spiro atoms. The van der Waals surface area contributed by atoms with Gasteiger partial charge in [-0.25, -0.2) is 0 Å². The van der Waals surface area contributed by atoms with Crippen molar-refractivity contribution in [1.29, 1.82) is 0 Å². The zero-order chi connectivity index (χ0) is 3.41. The van der Waals surface area contributed by atoms with Crippen LogP contribution in [-0.4, -0.2) is 5.64 Å². The first-order chi connectivity index (χ1) is 1.91. The van der Waals surface area contributed by atoms with Crippen LogP contribution in [0.3, 0.4) is 0 Å². The Morgan fingerprint density at radius 3 is 2.00 bits per heavy atom. The van der Waals surface area contributed by atoms with E-state index in [-0.39, 0.29) is 0 Å². The molecule has 0 heterocycles. The van der Waals surface area contributed by atoms with Gasteiger partial charge in [-0.3, -0.25) is 0 Å². The Morgan fingerprint density at radius 1 is 1.75 bits per heavy atom. The van der Waals surface area contributed by atoms with Crippen molar-refractivity contribution in [3.05, 3.63) is 0 Å². The van der Waals surface area contributed by atoms with Crippen molar-refractivity contribution in [1.82, 2.24) is 0 Å². The summed E-state index contributed by atoms with van der Waals surface area (Å²) >= 11 is -1.82. The second-order valence-corrected chi connectivity index (χ2v) is 1.73. The third-order valence-corrected chi connectivity index (χ3v) is 0.354. The average Bonchev–Trinajstić information content (AvgIpc) is 1.37. The first kappa shape index (κ1) is 4.29. The zero-order valence-electron chi connectivity index (χ0n) is 2.10. The number of hydrogen-bond acceptors (Lipinski definition) is 2. The van der Waals surface area contributed by atoms with Crippen molar-refractivity contribution in [2.45, 2.75) is 0 Å². The van der Waals surface area contributed by atoms with Crippen molar-refractivity contribution >= 4 is 5.64 Å². The van der Waals surface area contributed by atoms with E-state index in [1.807, 2.05) is 0 Å². The molecule has 0 bridgehead atoms. The summed E-state index contributed by atoms with van der Waals surface area (Å²) in [5, 5.41) is 0. The summed E-state index contributed by atoms with van der Waals surface area (Å²) in [6.45, 7) is 0. The molecule has 0 aromatic carbocycles. The fraction of sp³-hybridized carbons (Fsp3) is 0. The van der Waals surface area contributed by atoms with Crippen LogP contribution in [0.25, 0.3) is 0 Å². The van der Waals surface area contributed by atoms with Gasteiger partial charge in [0, 0.05) is 0 Å². The van der Waals surface area contributed by atoms with Crippen molar-refractivity contribution in [2.75, 3.05) is 0 Å². The second-order valence-electron chi connectivity index (χ2n) is 0.333. The Labute approximate surface area is 31.5 Å². The third kappa shape index (κ3) is 2.29. The van der Waals surface area contributed by atoms with E-state index in [9.17, 15) is 0 Å². The van der Waals surface area contributed by atoms with Gasteiger partial charge in [-0.2, -0.15) is 0 Å². The first-order valence-electron chi connectivity index (χ1n) is 0.933. The molecule has 0 saturated carbocycles. The first-order valence-corrected chi connectivity index (χ1v) is 3.86.